The second kappa shape index (κ2) is 5.65. The number of nitrogens with one attached hydrogen (secondary N) is 1. The maximum absolute atomic E-state index is 12.6. The minimum Gasteiger partial charge on any atom is -0.431 e. The van der Waals surface area contributed by atoms with Gasteiger partial charge in [-0.25, -0.2) is 0 Å². The van der Waals surface area contributed by atoms with Crippen LogP contribution in [0.4, 0.5) is 5.69 Å². The summed E-state index contributed by atoms with van der Waals surface area (Å²) in [6.45, 7) is 3.91. The third-order valence-corrected chi connectivity index (χ3v) is 4.19. The van der Waals surface area contributed by atoms with Gasteiger partial charge in [0.25, 0.3) is 0 Å². The van der Waals surface area contributed by atoms with Crippen LogP contribution in [0.25, 0.3) is 0 Å². The van der Waals surface area contributed by atoms with Crippen LogP contribution in [-0.4, -0.2) is 17.7 Å². The number of esters is 1. The number of benzene rings is 1. The number of carbonyl (C=O) groups excluding carboxylic acids is 3. The SMILES string of the molecule is CC1(C)CC(=O)C2=C(C1)OC(=O)CC2C(=O)Nc1ccccc1. The highest BCUT2D eigenvalue weighted by atomic mass is 16.5. The van der Waals surface area contributed by atoms with E-state index in [1.165, 1.54) is 0 Å². The van der Waals surface area contributed by atoms with E-state index in [0.29, 0.717) is 29.9 Å². The fraction of sp³-hybridized carbons (Fsp3) is 0.389. The van der Waals surface area contributed by atoms with Gasteiger partial charge in [0, 0.05) is 24.1 Å². The number of para-hydroxylation sites is 1. The molecule has 1 aliphatic heterocycles. The normalized spacial score (nSPS) is 23.1. The fourth-order valence-electron chi connectivity index (χ4n) is 3.18. The standard InChI is InChI=1S/C18H19NO4/c1-18(2)9-13(20)16-12(8-15(21)23-14(16)10-18)17(22)19-11-6-4-3-5-7-11/h3-7,12H,8-10H2,1-2H3,(H,19,22). The third-order valence-electron chi connectivity index (χ3n) is 4.19. The summed E-state index contributed by atoms with van der Waals surface area (Å²) >= 11 is 0. The van der Waals surface area contributed by atoms with E-state index >= 15 is 0 Å². The van der Waals surface area contributed by atoms with Crippen molar-refractivity contribution < 1.29 is 19.1 Å². The molecule has 0 fully saturated rings. The fourth-order valence-corrected chi connectivity index (χ4v) is 3.18. The van der Waals surface area contributed by atoms with Gasteiger partial charge in [0.15, 0.2) is 5.78 Å². The molecule has 0 radical (unpaired) electrons. The van der Waals surface area contributed by atoms with Gasteiger partial charge in [-0.15, -0.1) is 0 Å². The molecule has 1 aliphatic carbocycles. The molecule has 120 valence electrons. The topological polar surface area (TPSA) is 72.5 Å². The lowest BCUT2D eigenvalue weighted by Crippen LogP contribution is -2.39. The summed E-state index contributed by atoms with van der Waals surface area (Å²) < 4.78 is 5.27. The molecule has 1 atom stereocenters. The van der Waals surface area contributed by atoms with Crippen LogP contribution in [0.15, 0.2) is 41.7 Å². The van der Waals surface area contributed by atoms with Gasteiger partial charge in [-0.1, -0.05) is 32.0 Å². The Morgan fingerprint density at radius 2 is 1.87 bits per heavy atom. The molecule has 1 N–H and O–H groups in total. The number of hydrogen-bond acceptors (Lipinski definition) is 4. The molecule has 1 unspecified atom stereocenters. The Morgan fingerprint density at radius 1 is 1.17 bits per heavy atom. The number of amides is 1. The van der Waals surface area contributed by atoms with Gasteiger partial charge < -0.3 is 10.1 Å². The predicted molar refractivity (Wildman–Crippen MR) is 84.3 cm³/mol. The zero-order chi connectivity index (χ0) is 16.6. The summed E-state index contributed by atoms with van der Waals surface area (Å²) in [5.74, 6) is -1.29. The van der Waals surface area contributed by atoms with Crippen LogP contribution in [0, 0.1) is 11.3 Å². The van der Waals surface area contributed by atoms with E-state index in [-0.39, 0.29) is 23.5 Å². The van der Waals surface area contributed by atoms with Gasteiger partial charge in [-0.3, -0.25) is 14.4 Å². The number of carbonyl (C=O) groups is 3. The molecule has 1 aromatic carbocycles. The van der Waals surface area contributed by atoms with E-state index in [4.69, 9.17) is 4.74 Å². The van der Waals surface area contributed by atoms with Crippen molar-refractivity contribution in [3.8, 4) is 0 Å². The van der Waals surface area contributed by atoms with E-state index in [1.807, 2.05) is 32.0 Å². The highest BCUT2D eigenvalue weighted by molar-refractivity contribution is 6.08. The molecule has 0 aromatic heterocycles. The number of hydrogen-bond donors (Lipinski definition) is 1. The van der Waals surface area contributed by atoms with E-state index in [0.717, 1.165) is 0 Å². The van der Waals surface area contributed by atoms with E-state index < -0.39 is 11.9 Å². The zero-order valence-corrected chi connectivity index (χ0v) is 13.2. The maximum atomic E-state index is 12.6. The van der Waals surface area contributed by atoms with Crippen LogP contribution in [0.5, 0.6) is 0 Å². The summed E-state index contributed by atoms with van der Waals surface area (Å²) in [6, 6.07) is 8.99. The molecule has 0 saturated carbocycles. The van der Waals surface area contributed by atoms with Crippen LogP contribution in [0.3, 0.4) is 0 Å². The van der Waals surface area contributed by atoms with Crippen LogP contribution in [0.1, 0.15) is 33.1 Å². The van der Waals surface area contributed by atoms with E-state index in [1.54, 1.807) is 12.1 Å². The Balaban J connectivity index is 1.90. The van der Waals surface area contributed by atoms with E-state index in [2.05, 4.69) is 5.32 Å². The molecule has 5 nitrogen and oxygen atoms in total. The molecule has 23 heavy (non-hydrogen) atoms. The highest BCUT2D eigenvalue weighted by Gasteiger charge is 2.44. The van der Waals surface area contributed by atoms with Crippen molar-refractivity contribution in [1.29, 1.82) is 0 Å². The average Bonchev–Trinajstić information content (AvgIpc) is 2.45. The van der Waals surface area contributed by atoms with Crippen molar-refractivity contribution in [2.45, 2.75) is 33.1 Å². The van der Waals surface area contributed by atoms with Crippen LogP contribution in [0.2, 0.25) is 0 Å². The quantitative estimate of drug-likeness (QED) is 0.852. The summed E-state index contributed by atoms with van der Waals surface area (Å²) in [7, 11) is 0. The molecular weight excluding hydrogens is 294 g/mol. The van der Waals surface area contributed by atoms with Crippen molar-refractivity contribution in [3.63, 3.8) is 0 Å². The Hall–Kier alpha value is -2.43. The lowest BCUT2D eigenvalue weighted by atomic mass is 9.72. The van der Waals surface area contributed by atoms with Gasteiger partial charge in [0.2, 0.25) is 5.91 Å². The van der Waals surface area contributed by atoms with Crippen LogP contribution < -0.4 is 5.32 Å². The number of Topliss-reactive ketones (excluding diaryl/α,β-unsaturated/α-hetero) is 1. The molecule has 5 heteroatoms. The second-order valence-electron chi connectivity index (χ2n) is 6.86. The monoisotopic (exact) mass is 313 g/mol. The minimum absolute atomic E-state index is 0.0936. The van der Waals surface area contributed by atoms with Gasteiger partial charge >= 0.3 is 5.97 Å². The molecule has 1 aromatic rings. The Kier molecular flexibility index (Phi) is 3.80. The zero-order valence-electron chi connectivity index (χ0n) is 13.2. The maximum Gasteiger partial charge on any atom is 0.312 e. The van der Waals surface area contributed by atoms with Gasteiger partial charge in [-0.05, 0) is 17.5 Å². The van der Waals surface area contributed by atoms with Gasteiger partial charge in [0.05, 0.1) is 12.3 Å². The minimum atomic E-state index is -0.768. The predicted octanol–water partition coefficient (Wildman–Crippen LogP) is 2.83. The number of rotatable bonds is 2. The molecule has 0 bridgehead atoms. The summed E-state index contributed by atoms with van der Waals surface area (Å²) in [5, 5.41) is 2.77. The Bertz CT molecular complexity index is 703. The second-order valence-corrected chi connectivity index (χ2v) is 6.86. The summed E-state index contributed by atoms with van der Waals surface area (Å²) in [4.78, 5) is 36.9. The molecular formula is C18H19NO4. The van der Waals surface area contributed by atoms with Gasteiger partial charge in [0.1, 0.15) is 5.76 Å². The third kappa shape index (κ3) is 3.18. The first kappa shape index (κ1) is 15.5. The number of allylic oxidation sites excluding steroid dienone is 1. The lowest BCUT2D eigenvalue weighted by molar-refractivity contribution is -0.146. The molecule has 1 amide bonds. The first-order valence-corrected chi connectivity index (χ1v) is 7.68. The Morgan fingerprint density at radius 3 is 2.57 bits per heavy atom. The molecule has 2 aliphatic rings. The number of ether oxygens (including phenoxy) is 1. The van der Waals surface area contributed by atoms with Crippen LogP contribution >= 0.6 is 0 Å². The highest BCUT2D eigenvalue weighted by Crippen LogP contribution is 2.42. The largest absolute Gasteiger partial charge is 0.431 e. The summed E-state index contributed by atoms with van der Waals surface area (Å²) in [6.07, 6.45) is 0.761. The van der Waals surface area contributed by atoms with Gasteiger partial charge in [-0.2, -0.15) is 0 Å². The van der Waals surface area contributed by atoms with Crippen molar-refractivity contribution in [1.82, 2.24) is 0 Å². The van der Waals surface area contributed by atoms with E-state index in [9.17, 15) is 14.4 Å². The molecule has 0 spiro atoms. The number of anilines is 1. The average molecular weight is 313 g/mol. The Labute approximate surface area is 134 Å². The smallest absolute Gasteiger partial charge is 0.312 e. The number of ketones is 1. The van der Waals surface area contributed by atoms with Crippen molar-refractivity contribution >= 4 is 23.3 Å². The van der Waals surface area contributed by atoms with Crippen LogP contribution in [-0.2, 0) is 19.1 Å². The van der Waals surface area contributed by atoms with Crippen molar-refractivity contribution in [2.24, 2.45) is 11.3 Å². The first-order chi connectivity index (χ1) is 10.9. The first-order valence-electron chi connectivity index (χ1n) is 7.68. The molecule has 1 heterocycles. The summed E-state index contributed by atoms with van der Waals surface area (Å²) in [5.41, 5.74) is 0.757. The molecule has 3 rings (SSSR count). The van der Waals surface area contributed by atoms with Crippen molar-refractivity contribution in [3.05, 3.63) is 41.7 Å². The molecule has 0 saturated heterocycles. The lowest BCUT2D eigenvalue weighted by Gasteiger charge is -2.36. The van der Waals surface area contributed by atoms with Crippen molar-refractivity contribution in [2.75, 3.05) is 5.32 Å².